The van der Waals surface area contributed by atoms with Crippen molar-refractivity contribution >= 4 is 38.6 Å². The zero-order valence-corrected chi connectivity index (χ0v) is 20.5. The monoisotopic (exact) mass is 522 g/mol. The van der Waals surface area contributed by atoms with Crippen LogP contribution in [0.5, 0.6) is 23.0 Å². The molecule has 1 aromatic heterocycles. The Kier molecular flexibility index (Phi) is 7.18. The summed E-state index contributed by atoms with van der Waals surface area (Å²) in [6, 6.07) is 20.0. The van der Waals surface area contributed by atoms with E-state index in [4.69, 9.17) is 18.9 Å². The van der Waals surface area contributed by atoms with Gasteiger partial charge in [0.15, 0.2) is 11.5 Å². The lowest BCUT2D eigenvalue weighted by molar-refractivity contribution is 0.121. The highest BCUT2D eigenvalue weighted by molar-refractivity contribution is 9.10. The number of amides is 1. The third-order valence-corrected chi connectivity index (χ3v) is 5.88. The maximum atomic E-state index is 12.3. The summed E-state index contributed by atoms with van der Waals surface area (Å²) in [5, 5.41) is 3.52. The van der Waals surface area contributed by atoms with Gasteiger partial charge in [0.1, 0.15) is 17.6 Å². The second-order valence-electron chi connectivity index (χ2n) is 7.35. The van der Waals surface area contributed by atoms with E-state index in [0.717, 1.165) is 20.9 Å². The van der Waals surface area contributed by atoms with Crippen molar-refractivity contribution in [2.45, 2.75) is 13.0 Å². The number of anilines is 1. The van der Waals surface area contributed by atoms with E-state index in [1.807, 2.05) is 37.3 Å². The van der Waals surface area contributed by atoms with Crippen molar-refractivity contribution in [2.75, 3.05) is 19.5 Å². The number of nitrogens with zero attached hydrogens (tertiary/aromatic N) is 1. The molecule has 0 aliphatic heterocycles. The van der Waals surface area contributed by atoms with Crippen LogP contribution in [0.2, 0.25) is 0 Å². The molecule has 34 heavy (non-hydrogen) atoms. The summed E-state index contributed by atoms with van der Waals surface area (Å²) in [5.41, 5.74) is 2.19. The van der Waals surface area contributed by atoms with Crippen molar-refractivity contribution in [1.82, 2.24) is 4.98 Å². The normalized spacial score (nSPS) is 11.5. The molecule has 0 radical (unpaired) electrons. The van der Waals surface area contributed by atoms with Gasteiger partial charge in [-0.2, -0.15) is 0 Å². The topological polar surface area (TPSA) is 78.9 Å². The molecule has 0 aliphatic carbocycles. The smallest absolute Gasteiger partial charge is 0.412 e. The molecule has 174 valence electrons. The Labute approximate surface area is 205 Å². The molecule has 0 spiro atoms. The van der Waals surface area contributed by atoms with Crippen LogP contribution in [0.25, 0.3) is 10.9 Å². The first-order chi connectivity index (χ1) is 16.5. The zero-order valence-electron chi connectivity index (χ0n) is 18.9. The van der Waals surface area contributed by atoms with Crippen molar-refractivity contribution < 1.29 is 23.7 Å². The Morgan fingerprint density at radius 2 is 1.65 bits per heavy atom. The molecule has 4 aromatic rings. The molecule has 1 atom stereocenters. The van der Waals surface area contributed by atoms with Gasteiger partial charge >= 0.3 is 6.09 Å². The van der Waals surface area contributed by atoms with Gasteiger partial charge in [-0.25, -0.2) is 4.79 Å². The minimum atomic E-state index is -0.543. The van der Waals surface area contributed by atoms with E-state index in [0.29, 0.717) is 28.7 Å². The SMILES string of the molecule is COc1cc2nccc(Oc3ccc(NC(=O)OC(C)c4ccccc4Br)cc3)c2cc1OC. The van der Waals surface area contributed by atoms with Gasteiger partial charge in [0.2, 0.25) is 0 Å². The third-order valence-electron chi connectivity index (χ3n) is 5.16. The Hall–Kier alpha value is -3.78. The maximum absolute atomic E-state index is 12.3. The number of benzene rings is 3. The number of hydrogen-bond donors (Lipinski definition) is 1. The Morgan fingerprint density at radius 1 is 0.941 bits per heavy atom. The number of hydrogen-bond acceptors (Lipinski definition) is 6. The molecule has 0 aliphatic rings. The summed E-state index contributed by atoms with van der Waals surface area (Å²) in [5.74, 6) is 2.40. The molecule has 1 unspecified atom stereocenters. The van der Waals surface area contributed by atoms with Crippen molar-refractivity contribution in [3.05, 3.63) is 83.0 Å². The van der Waals surface area contributed by atoms with Crippen LogP contribution < -0.4 is 19.5 Å². The fraction of sp³-hybridized carbons (Fsp3) is 0.154. The Bertz CT molecular complexity index is 1310. The van der Waals surface area contributed by atoms with Gasteiger partial charge in [-0.1, -0.05) is 34.1 Å². The highest BCUT2D eigenvalue weighted by Gasteiger charge is 2.15. The summed E-state index contributed by atoms with van der Waals surface area (Å²) in [7, 11) is 3.16. The molecule has 4 rings (SSSR count). The average Bonchev–Trinajstić information content (AvgIpc) is 2.84. The molecule has 0 fully saturated rings. The average molecular weight is 523 g/mol. The predicted molar refractivity (Wildman–Crippen MR) is 134 cm³/mol. The number of fused-ring (bicyclic) bond motifs is 1. The van der Waals surface area contributed by atoms with E-state index < -0.39 is 12.2 Å². The fourth-order valence-electron chi connectivity index (χ4n) is 3.45. The summed E-state index contributed by atoms with van der Waals surface area (Å²) in [6.45, 7) is 1.82. The molecule has 0 bridgehead atoms. The molecular weight excluding hydrogens is 500 g/mol. The summed E-state index contributed by atoms with van der Waals surface area (Å²) < 4.78 is 23.2. The molecule has 3 aromatic carbocycles. The number of carbonyl (C=O) groups is 1. The van der Waals surface area contributed by atoms with Gasteiger partial charge in [0.25, 0.3) is 0 Å². The lowest BCUT2D eigenvalue weighted by atomic mass is 10.1. The number of nitrogens with one attached hydrogen (secondary N) is 1. The number of methoxy groups -OCH3 is 2. The first-order valence-corrected chi connectivity index (χ1v) is 11.3. The molecule has 1 heterocycles. The maximum Gasteiger partial charge on any atom is 0.412 e. The fourth-order valence-corrected chi connectivity index (χ4v) is 4.05. The van der Waals surface area contributed by atoms with E-state index in [9.17, 15) is 4.79 Å². The molecule has 1 amide bonds. The summed E-state index contributed by atoms with van der Waals surface area (Å²) in [6.07, 6.45) is 0.716. The largest absolute Gasteiger partial charge is 0.493 e. The summed E-state index contributed by atoms with van der Waals surface area (Å²) in [4.78, 5) is 16.7. The first-order valence-electron chi connectivity index (χ1n) is 10.5. The van der Waals surface area contributed by atoms with Crippen LogP contribution >= 0.6 is 15.9 Å². The third kappa shape index (κ3) is 5.23. The van der Waals surface area contributed by atoms with Crippen LogP contribution in [0.15, 0.2) is 77.4 Å². The van der Waals surface area contributed by atoms with Crippen LogP contribution in [-0.2, 0) is 4.74 Å². The molecule has 0 saturated heterocycles. The standard InChI is InChI=1S/C26H23BrN2O5/c1-16(19-6-4-5-7-21(19)27)33-26(30)29-17-8-10-18(11-9-17)34-23-12-13-28-22-15-25(32-3)24(31-2)14-20(22)23/h4-16H,1-3H3,(H,29,30). The number of aromatic nitrogens is 1. The Balaban J connectivity index is 1.44. The van der Waals surface area contributed by atoms with Gasteiger partial charge in [-0.05, 0) is 49.4 Å². The van der Waals surface area contributed by atoms with Crippen LogP contribution in [0.3, 0.4) is 0 Å². The van der Waals surface area contributed by atoms with Crippen LogP contribution in [0.1, 0.15) is 18.6 Å². The molecule has 0 saturated carbocycles. The zero-order chi connectivity index (χ0) is 24.1. The van der Waals surface area contributed by atoms with Gasteiger partial charge < -0.3 is 18.9 Å². The number of rotatable bonds is 7. The second kappa shape index (κ2) is 10.4. The lowest BCUT2D eigenvalue weighted by Gasteiger charge is -2.16. The van der Waals surface area contributed by atoms with Gasteiger partial charge in [0.05, 0.1) is 19.7 Å². The van der Waals surface area contributed by atoms with Crippen molar-refractivity contribution in [2.24, 2.45) is 0 Å². The van der Waals surface area contributed by atoms with Crippen LogP contribution in [-0.4, -0.2) is 25.3 Å². The van der Waals surface area contributed by atoms with E-state index in [-0.39, 0.29) is 0 Å². The number of pyridine rings is 1. The minimum absolute atomic E-state index is 0.409. The predicted octanol–water partition coefficient (Wildman–Crippen LogP) is 7.12. The summed E-state index contributed by atoms with van der Waals surface area (Å²) >= 11 is 3.48. The van der Waals surface area contributed by atoms with Crippen LogP contribution in [0.4, 0.5) is 10.5 Å². The highest BCUT2D eigenvalue weighted by atomic mass is 79.9. The number of ether oxygens (including phenoxy) is 4. The molecule has 8 heteroatoms. The quantitative estimate of drug-likeness (QED) is 0.278. The van der Waals surface area contributed by atoms with E-state index in [1.54, 1.807) is 56.8 Å². The van der Waals surface area contributed by atoms with E-state index in [2.05, 4.69) is 26.2 Å². The molecular formula is C26H23BrN2O5. The van der Waals surface area contributed by atoms with Crippen molar-refractivity contribution in [1.29, 1.82) is 0 Å². The minimum Gasteiger partial charge on any atom is -0.493 e. The van der Waals surface area contributed by atoms with Crippen LogP contribution in [0, 0.1) is 0 Å². The highest BCUT2D eigenvalue weighted by Crippen LogP contribution is 2.37. The lowest BCUT2D eigenvalue weighted by Crippen LogP contribution is -2.16. The van der Waals surface area contributed by atoms with Gasteiger partial charge in [-0.15, -0.1) is 0 Å². The molecule has 7 nitrogen and oxygen atoms in total. The number of halogens is 1. The molecule has 1 N–H and O–H groups in total. The van der Waals surface area contributed by atoms with E-state index in [1.165, 1.54) is 0 Å². The second-order valence-corrected chi connectivity index (χ2v) is 8.21. The van der Waals surface area contributed by atoms with Crippen molar-refractivity contribution in [3.8, 4) is 23.0 Å². The van der Waals surface area contributed by atoms with Crippen molar-refractivity contribution in [3.63, 3.8) is 0 Å². The Morgan fingerprint density at radius 3 is 2.35 bits per heavy atom. The first kappa shape index (κ1) is 23.4. The van der Waals surface area contributed by atoms with Gasteiger partial charge in [-0.3, -0.25) is 10.3 Å². The van der Waals surface area contributed by atoms with E-state index >= 15 is 0 Å². The number of carbonyl (C=O) groups excluding carboxylic acids is 1. The van der Waals surface area contributed by atoms with Gasteiger partial charge in [0, 0.05) is 33.4 Å².